The highest BCUT2D eigenvalue weighted by atomic mass is 16.3. The van der Waals surface area contributed by atoms with E-state index in [1.54, 1.807) is 49.8 Å². The molecule has 0 unspecified atom stereocenters. The summed E-state index contributed by atoms with van der Waals surface area (Å²) in [6.07, 6.45) is 3.12. The van der Waals surface area contributed by atoms with Crippen LogP contribution in [0.25, 0.3) is 10.8 Å². The zero-order chi connectivity index (χ0) is 14.8. The van der Waals surface area contributed by atoms with Gasteiger partial charge < -0.3 is 14.3 Å². The first-order chi connectivity index (χ1) is 10.2. The van der Waals surface area contributed by atoms with Crippen molar-refractivity contribution in [3.63, 3.8) is 0 Å². The lowest BCUT2D eigenvalue weighted by atomic mass is 10.1. The number of nitrogens with one attached hydrogen (secondary N) is 1. The third-order valence-corrected chi connectivity index (χ3v) is 3.34. The van der Waals surface area contributed by atoms with Gasteiger partial charge in [0.1, 0.15) is 5.76 Å². The summed E-state index contributed by atoms with van der Waals surface area (Å²) in [7, 11) is 1.64. The molecule has 0 aliphatic heterocycles. The van der Waals surface area contributed by atoms with E-state index in [0.717, 1.165) is 0 Å². The van der Waals surface area contributed by atoms with Crippen LogP contribution in [0.3, 0.4) is 0 Å². The average molecular weight is 282 g/mol. The Balaban J connectivity index is 1.98. The Labute approximate surface area is 120 Å². The Hall–Kier alpha value is -2.82. The number of furan rings is 1. The van der Waals surface area contributed by atoms with Crippen molar-refractivity contribution in [3.05, 3.63) is 70.5 Å². The predicted molar refractivity (Wildman–Crippen MR) is 79.1 cm³/mol. The Morgan fingerprint density at radius 3 is 2.67 bits per heavy atom. The first kappa shape index (κ1) is 13.2. The lowest BCUT2D eigenvalue weighted by Crippen LogP contribution is -2.26. The van der Waals surface area contributed by atoms with Crippen LogP contribution in [-0.4, -0.2) is 10.5 Å². The Morgan fingerprint density at radius 2 is 1.95 bits per heavy atom. The zero-order valence-corrected chi connectivity index (χ0v) is 11.5. The quantitative estimate of drug-likeness (QED) is 0.799. The van der Waals surface area contributed by atoms with Crippen molar-refractivity contribution >= 4 is 16.7 Å². The molecule has 2 heterocycles. The molecule has 2 aromatic heterocycles. The van der Waals surface area contributed by atoms with Crippen molar-refractivity contribution in [3.8, 4) is 0 Å². The predicted octanol–water partition coefficient (Wildman–Crippen LogP) is 2.06. The number of hydrogen-bond acceptors (Lipinski definition) is 3. The fraction of sp³-hybridized carbons (Fsp3) is 0.125. The van der Waals surface area contributed by atoms with Gasteiger partial charge in [-0.15, -0.1) is 0 Å². The molecule has 106 valence electrons. The summed E-state index contributed by atoms with van der Waals surface area (Å²) < 4.78 is 6.60. The van der Waals surface area contributed by atoms with E-state index >= 15 is 0 Å². The SMILES string of the molecule is Cn1cc(C(=O)NCc2ccco2)c2ccccc2c1=O. The highest BCUT2D eigenvalue weighted by molar-refractivity contribution is 6.06. The largest absolute Gasteiger partial charge is 0.467 e. The molecule has 0 fully saturated rings. The summed E-state index contributed by atoms with van der Waals surface area (Å²) in [5, 5.41) is 3.98. The maximum absolute atomic E-state index is 12.3. The van der Waals surface area contributed by atoms with Gasteiger partial charge in [-0.1, -0.05) is 18.2 Å². The standard InChI is InChI=1S/C16H14N2O3/c1-18-10-14(12-6-2-3-7-13(12)16(18)20)15(19)17-9-11-5-4-8-21-11/h2-8,10H,9H2,1H3,(H,17,19). The molecule has 21 heavy (non-hydrogen) atoms. The van der Waals surface area contributed by atoms with E-state index in [4.69, 9.17) is 4.42 Å². The minimum Gasteiger partial charge on any atom is -0.467 e. The van der Waals surface area contributed by atoms with Gasteiger partial charge in [-0.25, -0.2) is 0 Å². The Kier molecular flexibility index (Phi) is 3.31. The van der Waals surface area contributed by atoms with Crippen molar-refractivity contribution in [1.82, 2.24) is 9.88 Å². The van der Waals surface area contributed by atoms with E-state index in [9.17, 15) is 9.59 Å². The van der Waals surface area contributed by atoms with Crippen LogP contribution in [-0.2, 0) is 13.6 Å². The van der Waals surface area contributed by atoms with Gasteiger partial charge in [0.2, 0.25) is 0 Å². The topological polar surface area (TPSA) is 64.2 Å². The summed E-state index contributed by atoms with van der Waals surface area (Å²) in [4.78, 5) is 24.4. The molecule has 0 saturated heterocycles. The van der Waals surface area contributed by atoms with Gasteiger partial charge in [-0.2, -0.15) is 0 Å². The Morgan fingerprint density at radius 1 is 1.19 bits per heavy atom. The van der Waals surface area contributed by atoms with E-state index in [2.05, 4.69) is 5.32 Å². The second kappa shape index (κ2) is 5.28. The fourth-order valence-corrected chi connectivity index (χ4v) is 2.27. The molecular formula is C16H14N2O3. The molecule has 5 nitrogen and oxygen atoms in total. The molecule has 0 radical (unpaired) electrons. The first-order valence-corrected chi connectivity index (χ1v) is 6.56. The minimum atomic E-state index is -0.238. The molecule has 0 atom stereocenters. The maximum atomic E-state index is 12.3. The molecule has 0 aliphatic carbocycles. The van der Waals surface area contributed by atoms with Gasteiger partial charge in [0, 0.05) is 24.0 Å². The van der Waals surface area contributed by atoms with Crippen LogP contribution in [0.15, 0.2) is 58.1 Å². The van der Waals surface area contributed by atoms with Crippen molar-refractivity contribution in [2.24, 2.45) is 7.05 Å². The molecule has 0 saturated carbocycles. The van der Waals surface area contributed by atoms with Crippen LogP contribution >= 0.6 is 0 Å². The van der Waals surface area contributed by atoms with Crippen molar-refractivity contribution in [2.75, 3.05) is 0 Å². The number of benzene rings is 1. The molecule has 1 N–H and O–H groups in total. The number of amides is 1. The highest BCUT2D eigenvalue weighted by Crippen LogP contribution is 2.15. The molecule has 1 amide bonds. The maximum Gasteiger partial charge on any atom is 0.258 e. The lowest BCUT2D eigenvalue weighted by molar-refractivity contribution is 0.0949. The number of hydrogen-bond donors (Lipinski definition) is 1. The number of rotatable bonds is 3. The smallest absolute Gasteiger partial charge is 0.258 e. The van der Waals surface area contributed by atoms with Crippen LogP contribution in [0.5, 0.6) is 0 Å². The fourth-order valence-electron chi connectivity index (χ4n) is 2.27. The number of carbonyl (C=O) groups is 1. The van der Waals surface area contributed by atoms with Crippen LogP contribution in [0.4, 0.5) is 0 Å². The summed E-state index contributed by atoms with van der Waals surface area (Å²) in [5.41, 5.74) is 0.354. The lowest BCUT2D eigenvalue weighted by Gasteiger charge is -2.09. The van der Waals surface area contributed by atoms with E-state index in [1.807, 2.05) is 6.07 Å². The van der Waals surface area contributed by atoms with E-state index in [0.29, 0.717) is 28.6 Å². The second-order valence-electron chi connectivity index (χ2n) is 4.77. The molecule has 3 aromatic rings. The summed E-state index contributed by atoms with van der Waals surface area (Å²) in [6.45, 7) is 0.309. The summed E-state index contributed by atoms with van der Waals surface area (Å²) in [6, 6.07) is 10.7. The molecule has 3 rings (SSSR count). The average Bonchev–Trinajstić information content (AvgIpc) is 3.02. The summed E-state index contributed by atoms with van der Waals surface area (Å²) in [5.74, 6) is 0.440. The number of nitrogens with zero attached hydrogens (tertiary/aromatic N) is 1. The molecule has 0 aliphatic rings. The van der Waals surface area contributed by atoms with Crippen molar-refractivity contribution in [1.29, 1.82) is 0 Å². The van der Waals surface area contributed by atoms with Crippen LogP contribution in [0, 0.1) is 0 Å². The Bertz CT molecular complexity index is 848. The number of carbonyl (C=O) groups excluding carboxylic acids is 1. The normalized spacial score (nSPS) is 10.7. The molecule has 5 heteroatoms. The van der Waals surface area contributed by atoms with Gasteiger partial charge >= 0.3 is 0 Å². The van der Waals surface area contributed by atoms with Crippen LogP contribution < -0.4 is 10.9 Å². The molecule has 0 bridgehead atoms. The third-order valence-electron chi connectivity index (χ3n) is 3.34. The van der Waals surface area contributed by atoms with Gasteiger partial charge in [-0.05, 0) is 18.2 Å². The van der Waals surface area contributed by atoms with Gasteiger partial charge in [-0.3, -0.25) is 9.59 Å². The molecule has 1 aromatic carbocycles. The van der Waals surface area contributed by atoms with Crippen LogP contribution in [0.2, 0.25) is 0 Å². The number of aryl methyl sites for hydroxylation is 1. The molecule has 0 spiro atoms. The van der Waals surface area contributed by atoms with Gasteiger partial charge in [0.05, 0.1) is 18.4 Å². The van der Waals surface area contributed by atoms with Crippen molar-refractivity contribution in [2.45, 2.75) is 6.54 Å². The zero-order valence-electron chi connectivity index (χ0n) is 11.5. The second-order valence-corrected chi connectivity index (χ2v) is 4.77. The summed E-state index contributed by atoms with van der Waals surface area (Å²) >= 11 is 0. The highest BCUT2D eigenvalue weighted by Gasteiger charge is 2.13. The first-order valence-electron chi connectivity index (χ1n) is 6.56. The number of fused-ring (bicyclic) bond motifs is 1. The monoisotopic (exact) mass is 282 g/mol. The van der Waals surface area contributed by atoms with Crippen molar-refractivity contribution < 1.29 is 9.21 Å². The minimum absolute atomic E-state index is 0.117. The number of pyridine rings is 1. The van der Waals surface area contributed by atoms with Gasteiger partial charge in [0.15, 0.2) is 0 Å². The third kappa shape index (κ3) is 2.45. The number of aromatic nitrogens is 1. The molecular weight excluding hydrogens is 268 g/mol. The van der Waals surface area contributed by atoms with E-state index in [-0.39, 0.29) is 11.5 Å². The van der Waals surface area contributed by atoms with Gasteiger partial charge in [0.25, 0.3) is 11.5 Å². The van der Waals surface area contributed by atoms with E-state index < -0.39 is 0 Å². The van der Waals surface area contributed by atoms with E-state index in [1.165, 1.54) is 4.57 Å². The van der Waals surface area contributed by atoms with Crippen LogP contribution in [0.1, 0.15) is 16.1 Å².